The first kappa shape index (κ1) is 28.1. The summed E-state index contributed by atoms with van der Waals surface area (Å²) in [5.74, 6) is 0.104. The zero-order chi connectivity index (χ0) is 27.9. The van der Waals surface area contributed by atoms with Crippen LogP contribution in [0.25, 0.3) is 0 Å². The van der Waals surface area contributed by atoms with Crippen LogP contribution in [0, 0.1) is 19.8 Å². The number of piperidine rings is 1. The van der Waals surface area contributed by atoms with E-state index in [-0.39, 0.29) is 49.1 Å². The van der Waals surface area contributed by atoms with Gasteiger partial charge in [-0.25, -0.2) is 0 Å². The maximum absolute atomic E-state index is 12.9. The van der Waals surface area contributed by atoms with Gasteiger partial charge in [0, 0.05) is 31.6 Å². The number of hydrogen-bond donors (Lipinski definition) is 0. The summed E-state index contributed by atoms with van der Waals surface area (Å²) in [6.45, 7) is 7.16. The van der Waals surface area contributed by atoms with Crippen LogP contribution >= 0.6 is 0 Å². The molecule has 2 aromatic rings. The molecular weight excluding hydrogens is 500 g/mol. The van der Waals surface area contributed by atoms with Gasteiger partial charge in [0.1, 0.15) is 11.5 Å². The molecule has 39 heavy (non-hydrogen) atoms. The lowest BCUT2D eigenvalue weighted by molar-refractivity contribution is -0.151. The Bertz CT molecular complexity index is 1240. The van der Waals surface area contributed by atoms with Gasteiger partial charge in [0.2, 0.25) is 5.91 Å². The highest BCUT2D eigenvalue weighted by molar-refractivity contribution is 6.02. The van der Waals surface area contributed by atoms with Crippen molar-refractivity contribution in [3.8, 4) is 11.5 Å². The van der Waals surface area contributed by atoms with Crippen LogP contribution in [-0.4, -0.2) is 67.9 Å². The lowest BCUT2D eigenvalue weighted by Crippen LogP contribution is -2.43. The van der Waals surface area contributed by atoms with Crippen molar-refractivity contribution in [2.45, 2.75) is 46.5 Å². The molecule has 4 rings (SSSR count). The first-order valence-electron chi connectivity index (χ1n) is 13.5. The van der Waals surface area contributed by atoms with Crippen LogP contribution in [-0.2, 0) is 19.1 Å². The normalized spacial score (nSPS) is 16.8. The van der Waals surface area contributed by atoms with Gasteiger partial charge in [-0.1, -0.05) is 6.07 Å². The third-order valence-electron chi connectivity index (χ3n) is 7.24. The van der Waals surface area contributed by atoms with Gasteiger partial charge in [0.05, 0.1) is 18.2 Å². The van der Waals surface area contributed by atoms with Crippen molar-refractivity contribution < 1.29 is 33.4 Å². The minimum absolute atomic E-state index is 0.0441. The highest BCUT2D eigenvalue weighted by Crippen LogP contribution is 2.33. The lowest BCUT2D eigenvalue weighted by atomic mass is 9.98. The fraction of sp³-hybridized carbons (Fsp3) is 0.467. The number of rotatable bonds is 10. The van der Waals surface area contributed by atoms with Gasteiger partial charge < -0.3 is 24.0 Å². The summed E-state index contributed by atoms with van der Waals surface area (Å²) < 4.78 is 16.4. The van der Waals surface area contributed by atoms with Crippen molar-refractivity contribution in [2.75, 3.05) is 44.4 Å². The first-order chi connectivity index (χ1) is 18.8. The summed E-state index contributed by atoms with van der Waals surface area (Å²) in [6.07, 6.45) is 2.17. The van der Waals surface area contributed by atoms with E-state index in [0.29, 0.717) is 55.4 Å². The summed E-state index contributed by atoms with van der Waals surface area (Å²) >= 11 is 0. The Balaban J connectivity index is 1.35. The number of ether oxygens (including phenoxy) is 3. The number of carbonyl (C=O) groups excluding carboxylic acids is 4. The molecule has 0 radical (unpaired) electrons. The standard InChI is InChI=1S/C30H36N2O7/c1-4-37-30(36)23-7-5-13-31(17-23)28(34)8-6-14-32-25-16-22(10-12-27(25)39-19-29(32)35)26(33)18-38-24-11-9-20(2)21(3)15-24/h9-12,15-16,23H,4-8,13-14,17-19H2,1-3H3/t23-/m0/s1. The first-order valence-corrected chi connectivity index (χ1v) is 13.5. The molecule has 1 fully saturated rings. The van der Waals surface area contributed by atoms with E-state index >= 15 is 0 Å². The SMILES string of the molecule is CCOC(=O)[C@H]1CCCN(C(=O)CCCN2C(=O)COc3ccc(C(=O)COc4ccc(C)c(C)c4)cc32)C1. The largest absolute Gasteiger partial charge is 0.485 e. The van der Waals surface area contributed by atoms with E-state index in [1.807, 2.05) is 32.0 Å². The molecular formula is C30H36N2O7. The maximum Gasteiger partial charge on any atom is 0.310 e. The molecule has 2 aromatic carbocycles. The van der Waals surface area contributed by atoms with E-state index in [2.05, 4.69) is 0 Å². The zero-order valence-electron chi connectivity index (χ0n) is 22.9. The van der Waals surface area contributed by atoms with Crippen molar-refractivity contribution in [2.24, 2.45) is 5.92 Å². The molecule has 2 amide bonds. The van der Waals surface area contributed by atoms with Gasteiger partial charge in [0.25, 0.3) is 5.91 Å². The van der Waals surface area contributed by atoms with Crippen LogP contribution < -0.4 is 14.4 Å². The van der Waals surface area contributed by atoms with Crippen LogP contribution in [0.15, 0.2) is 36.4 Å². The Hall–Kier alpha value is -3.88. The van der Waals surface area contributed by atoms with E-state index < -0.39 is 0 Å². The topological polar surface area (TPSA) is 102 Å². The quantitative estimate of drug-likeness (QED) is 0.336. The number of ketones is 1. The Morgan fingerprint density at radius 1 is 1.08 bits per heavy atom. The molecule has 2 aliphatic heterocycles. The smallest absolute Gasteiger partial charge is 0.310 e. The van der Waals surface area contributed by atoms with Crippen LogP contribution in [0.3, 0.4) is 0 Å². The highest BCUT2D eigenvalue weighted by Gasteiger charge is 2.30. The van der Waals surface area contributed by atoms with Gasteiger partial charge >= 0.3 is 5.97 Å². The molecule has 0 saturated carbocycles. The predicted molar refractivity (Wildman–Crippen MR) is 145 cm³/mol. The number of anilines is 1. The Morgan fingerprint density at radius 2 is 1.90 bits per heavy atom. The van der Waals surface area contributed by atoms with E-state index in [9.17, 15) is 19.2 Å². The average molecular weight is 537 g/mol. The monoisotopic (exact) mass is 536 g/mol. The number of benzene rings is 2. The van der Waals surface area contributed by atoms with Gasteiger partial charge in [0.15, 0.2) is 19.0 Å². The van der Waals surface area contributed by atoms with E-state index in [1.165, 1.54) is 0 Å². The summed E-state index contributed by atoms with van der Waals surface area (Å²) in [7, 11) is 0. The molecule has 0 aliphatic carbocycles. The number of aryl methyl sites for hydroxylation is 2. The van der Waals surface area contributed by atoms with E-state index in [1.54, 1.807) is 34.9 Å². The fourth-order valence-corrected chi connectivity index (χ4v) is 4.86. The Morgan fingerprint density at radius 3 is 2.67 bits per heavy atom. The second kappa shape index (κ2) is 12.8. The van der Waals surface area contributed by atoms with Crippen molar-refractivity contribution in [1.82, 2.24) is 4.90 Å². The molecule has 208 valence electrons. The van der Waals surface area contributed by atoms with Crippen molar-refractivity contribution in [3.63, 3.8) is 0 Å². The number of nitrogens with zero attached hydrogens (tertiary/aromatic N) is 2. The number of fused-ring (bicyclic) bond motifs is 1. The van der Waals surface area contributed by atoms with Crippen LogP contribution in [0.5, 0.6) is 11.5 Å². The second-order valence-corrected chi connectivity index (χ2v) is 10.0. The molecule has 9 heteroatoms. The van der Waals surface area contributed by atoms with Crippen molar-refractivity contribution in [1.29, 1.82) is 0 Å². The molecule has 2 heterocycles. The van der Waals surface area contributed by atoms with Gasteiger partial charge in [-0.3, -0.25) is 19.2 Å². The van der Waals surface area contributed by atoms with Gasteiger partial charge in [-0.05, 0) is 81.5 Å². The van der Waals surface area contributed by atoms with Crippen molar-refractivity contribution >= 4 is 29.3 Å². The Labute approximate surface area is 229 Å². The van der Waals surface area contributed by atoms with Crippen molar-refractivity contribution in [3.05, 3.63) is 53.1 Å². The summed E-state index contributed by atoms with van der Waals surface area (Å²) in [5, 5.41) is 0. The molecule has 0 aromatic heterocycles. The Kier molecular flexibility index (Phi) is 9.22. The number of likely N-dealkylation sites (tertiary alicyclic amines) is 1. The summed E-state index contributed by atoms with van der Waals surface area (Å²) in [5.41, 5.74) is 3.15. The number of hydrogen-bond acceptors (Lipinski definition) is 7. The molecule has 9 nitrogen and oxygen atoms in total. The van der Waals surface area contributed by atoms with Gasteiger partial charge in [-0.2, -0.15) is 0 Å². The number of carbonyl (C=O) groups is 4. The highest BCUT2D eigenvalue weighted by atomic mass is 16.5. The van der Waals surface area contributed by atoms with E-state index in [0.717, 1.165) is 24.0 Å². The number of esters is 1. The van der Waals surface area contributed by atoms with Crippen LogP contribution in [0.2, 0.25) is 0 Å². The minimum Gasteiger partial charge on any atom is -0.485 e. The summed E-state index contributed by atoms with van der Waals surface area (Å²) in [4.78, 5) is 53.8. The maximum atomic E-state index is 12.9. The van der Waals surface area contributed by atoms with Crippen LogP contribution in [0.4, 0.5) is 5.69 Å². The van der Waals surface area contributed by atoms with Gasteiger partial charge in [-0.15, -0.1) is 0 Å². The second-order valence-electron chi connectivity index (χ2n) is 10.0. The molecule has 1 atom stereocenters. The fourth-order valence-electron chi connectivity index (χ4n) is 4.86. The molecule has 2 aliphatic rings. The third kappa shape index (κ3) is 6.96. The average Bonchev–Trinajstić information content (AvgIpc) is 2.94. The molecule has 0 spiro atoms. The molecule has 1 saturated heterocycles. The molecule has 0 unspecified atom stereocenters. The summed E-state index contributed by atoms with van der Waals surface area (Å²) in [6, 6.07) is 10.7. The zero-order valence-corrected chi connectivity index (χ0v) is 22.9. The molecule has 0 bridgehead atoms. The predicted octanol–water partition coefficient (Wildman–Crippen LogP) is 3.87. The third-order valence-corrected chi connectivity index (χ3v) is 7.24. The van der Waals surface area contributed by atoms with Crippen LogP contribution in [0.1, 0.15) is 54.1 Å². The van der Waals surface area contributed by atoms with E-state index in [4.69, 9.17) is 14.2 Å². The lowest BCUT2D eigenvalue weighted by Gasteiger charge is -2.32. The number of Topliss-reactive ketones (excluding diaryl/α,β-unsaturated/α-hetero) is 1. The number of amides is 2. The molecule has 0 N–H and O–H groups in total. The minimum atomic E-state index is -0.287.